The number of hydrogen-bond acceptors (Lipinski definition) is 0. The van der Waals surface area contributed by atoms with Gasteiger partial charge in [-0.1, -0.05) is 200 Å². The molecule has 0 nitrogen and oxygen atoms in total. The SMILES string of the molecule is c1ccc2c(-c3c(-c4ccc(-c5ccc6ccc7cccc8ccc5c6c78)cc4)cc(-c4ccc5ccc6cccc7ccc4c5c67)c4ccccc34)cccc2c1. The first kappa shape index (κ1) is 31.6. The van der Waals surface area contributed by atoms with E-state index in [1.54, 1.807) is 0 Å². The van der Waals surface area contributed by atoms with Crippen LogP contribution in [0.25, 0.3) is 131 Å². The fourth-order valence-corrected chi connectivity index (χ4v) is 10.3. The van der Waals surface area contributed by atoms with E-state index in [1.807, 2.05) is 0 Å². The van der Waals surface area contributed by atoms with Crippen molar-refractivity contribution in [1.29, 1.82) is 0 Å². The molecule has 0 amide bonds. The maximum Gasteiger partial charge on any atom is -0.00201 e. The van der Waals surface area contributed by atoms with Crippen LogP contribution in [0.3, 0.4) is 0 Å². The molecular weight excluding hydrogens is 697 g/mol. The average Bonchev–Trinajstić information content (AvgIpc) is 3.29. The van der Waals surface area contributed by atoms with Gasteiger partial charge in [0.05, 0.1) is 0 Å². The second-order valence-electron chi connectivity index (χ2n) is 15.9. The molecule has 0 atom stereocenters. The Morgan fingerprint density at radius 3 is 1.26 bits per heavy atom. The monoisotopic (exact) mass is 730 g/mol. The van der Waals surface area contributed by atoms with Gasteiger partial charge >= 0.3 is 0 Å². The van der Waals surface area contributed by atoms with Crippen molar-refractivity contribution in [3.8, 4) is 44.5 Å². The molecule has 0 fully saturated rings. The standard InChI is InChI=1S/C58H34/c1-2-14-44-35(8-1)9-7-17-48(44)58-49-16-4-3-15-46(49)53(47-31-27-43-25-23-39-11-6-13-41-29-33-51(47)57(43)55(39)41)34-52(58)37-20-18-36(19-21-37)45-30-26-42-24-22-38-10-5-12-40-28-32-50(45)56(42)54(38)40/h1-34H. The highest BCUT2D eigenvalue weighted by atomic mass is 14.2. The molecule has 0 heterocycles. The predicted molar refractivity (Wildman–Crippen MR) is 251 cm³/mol. The molecule has 0 spiro atoms. The van der Waals surface area contributed by atoms with Gasteiger partial charge in [0.2, 0.25) is 0 Å². The zero-order valence-electron chi connectivity index (χ0n) is 31.6. The Morgan fingerprint density at radius 2 is 0.621 bits per heavy atom. The topological polar surface area (TPSA) is 0 Å². The lowest BCUT2D eigenvalue weighted by atomic mass is 9.82. The van der Waals surface area contributed by atoms with Gasteiger partial charge in [-0.05, 0) is 137 Å². The van der Waals surface area contributed by atoms with Crippen LogP contribution in [-0.2, 0) is 0 Å². The third-order valence-corrected chi connectivity index (χ3v) is 13.0. The minimum Gasteiger partial charge on any atom is -0.0616 e. The smallest absolute Gasteiger partial charge is 0.00201 e. The van der Waals surface area contributed by atoms with E-state index in [9.17, 15) is 0 Å². The van der Waals surface area contributed by atoms with Crippen LogP contribution < -0.4 is 0 Å². The molecule has 0 unspecified atom stereocenters. The second kappa shape index (κ2) is 12.0. The molecule has 0 aliphatic rings. The van der Waals surface area contributed by atoms with Crippen LogP contribution in [0.1, 0.15) is 0 Å². The highest BCUT2D eigenvalue weighted by Crippen LogP contribution is 2.48. The Balaban J connectivity index is 1.08. The first-order chi connectivity index (χ1) is 28.8. The van der Waals surface area contributed by atoms with Crippen molar-refractivity contribution >= 4 is 86.2 Å². The average molecular weight is 731 g/mol. The highest BCUT2D eigenvalue weighted by molar-refractivity contribution is 6.28. The molecule has 13 rings (SSSR count). The van der Waals surface area contributed by atoms with E-state index in [1.165, 1.54) is 131 Å². The number of hydrogen-bond donors (Lipinski definition) is 0. The molecule has 58 heavy (non-hydrogen) atoms. The molecule has 0 bridgehead atoms. The highest BCUT2D eigenvalue weighted by Gasteiger charge is 2.21. The number of benzene rings is 13. The third kappa shape index (κ3) is 4.46. The lowest BCUT2D eigenvalue weighted by molar-refractivity contribution is 1.61. The van der Waals surface area contributed by atoms with Crippen molar-refractivity contribution in [2.24, 2.45) is 0 Å². The van der Waals surface area contributed by atoms with E-state index < -0.39 is 0 Å². The lowest BCUT2D eigenvalue weighted by Gasteiger charge is -2.21. The molecule has 0 saturated carbocycles. The van der Waals surface area contributed by atoms with Crippen LogP contribution in [0.2, 0.25) is 0 Å². The van der Waals surface area contributed by atoms with Gasteiger partial charge in [0.1, 0.15) is 0 Å². The van der Waals surface area contributed by atoms with Crippen LogP contribution in [0.15, 0.2) is 206 Å². The molecule has 0 saturated heterocycles. The minimum atomic E-state index is 1.20. The van der Waals surface area contributed by atoms with Crippen molar-refractivity contribution in [3.05, 3.63) is 206 Å². The van der Waals surface area contributed by atoms with E-state index in [2.05, 4.69) is 206 Å². The summed E-state index contributed by atoms with van der Waals surface area (Å²) in [6, 6.07) is 77.3. The molecule has 0 heteroatoms. The summed E-state index contributed by atoms with van der Waals surface area (Å²) in [6.45, 7) is 0. The Hall–Kier alpha value is -7.54. The van der Waals surface area contributed by atoms with Crippen LogP contribution in [0, 0.1) is 0 Å². The Labute approximate surface area is 335 Å². The molecule has 13 aromatic carbocycles. The zero-order valence-corrected chi connectivity index (χ0v) is 31.6. The van der Waals surface area contributed by atoms with Gasteiger partial charge in [-0.3, -0.25) is 0 Å². The summed E-state index contributed by atoms with van der Waals surface area (Å²) in [5.74, 6) is 0. The number of rotatable bonds is 4. The minimum absolute atomic E-state index is 1.20. The molecule has 0 radical (unpaired) electrons. The van der Waals surface area contributed by atoms with E-state index in [0.717, 1.165) is 0 Å². The van der Waals surface area contributed by atoms with Crippen molar-refractivity contribution in [2.45, 2.75) is 0 Å². The zero-order chi connectivity index (χ0) is 37.9. The van der Waals surface area contributed by atoms with Crippen molar-refractivity contribution in [2.75, 3.05) is 0 Å². The predicted octanol–water partition coefficient (Wildman–Crippen LogP) is 16.5. The second-order valence-corrected chi connectivity index (χ2v) is 15.9. The van der Waals surface area contributed by atoms with Gasteiger partial charge in [0, 0.05) is 0 Å². The van der Waals surface area contributed by atoms with E-state index >= 15 is 0 Å². The molecule has 0 N–H and O–H groups in total. The van der Waals surface area contributed by atoms with Crippen molar-refractivity contribution in [3.63, 3.8) is 0 Å². The maximum atomic E-state index is 2.48. The summed E-state index contributed by atoms with van der Waals surface area (Å²) in [4.78, 5) is 0. The molecule has 266 valence electrons. The van der Waals surface area contributed by atoms with Crippen LogP contribution >= 0.6 is 0 Å². The molecule has 0 aliphatic carbocycles. The molecule has 0 aliphatic heterocycles. The maximum absolute atomic E-state index is 2.48. The summed E-state index contributed by atoms with van der Waals surface area (Å²) >= 11 is 0. The summed E-state index contributed by atoms with van der Waals surface area (Å²) in [5, 5.41) is 20.7. The van der Waals surface area contributed by atoms with Crippen LogP contribution in [0.4, 0.5) is 0 Å². The van der Waals surface area contributed by atoms with E-state index in [-0.39, 0.29) is 0 Å². The Kier molecular flexibility index (Phi) is 6.54. The van der Waals surface area contributed by atoms with Gasteiger partial charge in [0.25, 0.3) is 0 Å². The van der Waals surface area contributed by atoms with Crippen molar-refractivity contribution in [1.82, 2.24) is 0 Å². The molecular formula is C58H34. The van der Waals surface area contributed by atoms with Gasteiger partial charge in [-0.25, -0.2) is 0 Å². The number of fused-ring (bicyclic) bond motifs is 2. The first-order valence-corrected chi connectivity index (χ1v) is 20.2. The molecule has 13 aromatic rings. The van der Waals surface area contributed by atoms with Gasteiger partial charge in [-0.15, -0.1) is 0 Å². The largest absolute Gasteiger partial charge is 0.0616 e. The summed E-state index contributed by atoms with van der Waals surface area (Å²) in [5.41, 5.74) is 9.96. The molecule has 0 aromatic heterocycles. The van der Waals surface area contributed by atoms with Crippen molar-refractivity contribution < 1.29 is 0 Å². The van der Waals surface area contributed by atoms with Gasteiger partial charge in [0.15, 0.2) is 0 Å². The fourth-order valence-electron chi connectivity index (χ4n) is 10.3. The van der Waals surface area contributed by atoms with E-state index in [0.29, 0.717) is 0 Å². The Morgan fingerprint density at radius 1 is 0.190 bits per heavy atom. The lowest BCUT2D eigenvalue weighted by Crippen LogP contribution is -1.94. The summed E-state index contributed by atoms with van der Waals surface area (Å²) < 4.78 is 0. The van der Waals surface area contributed by atoms with Gasteiger partial charge in [-0.2, -0.15) is 0 Å². The summed E-state index contributed by atoms with van der Waals surface area (Å²) in [7, 11) is 0. The van der Waals surface area contributed by atoms with E-state index in [4.69, 9.17) is 0 Å². The van der Waals surface area contributed by atoms with Crippen LogP contribution in [0.5, 0.6) is 0 Å². The summed E-state index contributed by atoms with van der Waals surface area (Å²) in [6.07, 6.45) is 0. The first-order valence-electron chi connectivity index (χ1n) is 20.2. The van der Waals surface area contributed by atoms with Crippen LogP contribution in [-0.4, -0.2) is 0 Å². The third-order valence-electron chi connectivity index (χ3n) is 13.0. The normalized spacial score (nSPS) is 12.1. The van der Waals surface area contributed by atoms with Gasteiger partial charge < -0.3 is 0 Å². The quantitative estimate of drug-likeness (QED) is 0.158. The fraction of sp³-hybridized carbons (Fsp3) is 0. The Bertz CT molecular complexity index is 3740.